The van der Waals surface area contributed by atoms with Crippen LogP contribution in [0.5, 0.6) is 5.75 Å². The average molecular weight is 258 g/mol. The van der Waals surface area contributed by atoms with E-state index in [9.17, 15) is 4.79 Å². The molecule has 1 heterocycles. The number of rotatable bonds is 3. The molecule has 1 aromatic heterocycles. The van der Waals surface area contributed by atoms with E-state index in [4.69, 9.17) is 10.5 Å². The summed E-state index contributed by atoms with van der Waals surface area (Å²) in [5.74, 6) is 0.817. The van der Waals surface area contributed by atoms with E-state index in [0.29, 0.717) is 5.56 Å². The minimum absolute atomic E-state index is 0.0662. The number of hydrogen-bond acceptors (Lipinski definition) is 3. The van der Waals surface area contributed by atoms with Crippen LogP contribution in [0.25, 0.3) is 0 Å². The maximum Gasteiger partial charge on any atom is 0.255 e. The molecule has 1 aromatic carbocycles. The molecule has 0 aliphatic rings. The Morgan fingerprint density at radius 1 is 1.32 bits per heavy atom. The first-order valence-electron chi connectivity index (χ1n) is 6.10. The maximum absolute atomic E-state index is 12.0. The Balaban J connectivity index is 2.44. The van der Waals surface area contributed by atoms with Crippen molar-refractivity contribution in [2.75, 3.05) is 7.11 Å². The number of nitrogens with zero attached hydrogens (tertiary/aromatic N) is 1. The predicted molar refractivity (Wildman–Crippen MR) is 75.4 cm³/mol. The van der Waals surface area contributed by atoms with Crippen molar-refractivity contribution in [2.45, 2.75) is 13.0 Å². The first-order valence-corrected chi connectivity index (χ1v) is 6.10. The number of benzene rings is 1. The van der Waals surface area contributed by atoms with Crippen LogP contribution < -0.4 is 16.0 Å². The molecule has 0 amide bonds. The Hall–Kier alpha value is -2.07. The molecular weight excluding hydrogens is 240 g/mol. The van der Waals surface area contributed by atoms with Crippen LogP contribution in [0.3, 0.4) is 0 Å². The van der Waals surface area contributed by atoms with E-state index in [1.165, 1.54) is 4.57 Å². The highest BCUT2D eigenvalue weighted by Crippen LogP contribution is 2.23. The van der Waals surface area contributed by atoms with E-state index in [-0.39, 0.29) is 5.56 Å². The Bertz CT molecular complexity index is 647. The van der Waals surface area contributed by atoms with Gasteiger partial charge in [0.15, 0.2) is 0 Å². The second kappa shape index (κ2) is 5.28. The number of hydrogen-bond donors (Lipinski definition) is 1. The van der Waals surface area contributed by atoms with Crippen LogP contribution in [0.2, 0.25) is 0 Å². The third-order valence-corrected chi connectivity index (χ3v) is 3.27. The van der Waals surface area contributed by atoms with Gasteiger partial charge in [-0.05, 0) is 30.2 Å². The monoisotopic (exact) mass is 258 g/mol. The number of aromatic nitrogens is 1. The van der Waals surface area contributed by atoms with Gasteiger partial charge in [0, 0.05) is 18.8 Å². The van der Waals surface area contributed by atoms with E-state index in [1.54, 1.807) is 26.4 Å². The van der Waals surface area contributed by atoms with E-state index in [2.05, 4.69) is 0 Å². The lowest BCUT2D eigenvalue weighted by atomic mass is 9.99. The molecule has 0 bridgehead atoms. The van der Waals surface area contributed by atoms with E-state index in [1.807, 2.05) is 31.2 Å². The summed E-state index contributed by atoms with van der Waals surface area (Å²) in [6, 6.07) is 8.89. The molecule has 0 spiro atoms. The number of ether oxygens (including phenoxy) is 1. The lowest BCUT2D eigenvalue weighted by Gasteiger charge is -2.14. The van der Waals surface area contributed by atoms with Gasteiger partial charge in [0.1, 0.15) is 5.75 Å². The Kier molecular flexibility index (Phi) is 3.71. The molecule has 0 fully saturated rings. The number of pyridine rings is 1. The van der Waals surface area contributed by atoms with Crippen molar-refractivity contribution in [2.24, 2.45) is 12.8 Å². The minimum atomic E-state index is -0.426. The van der Waals surface area contributed by atoms with Crippen molar-refractivity contribution in [1.29, 1.82) is 0 Å². The molecular formula is C15H18N2O2. The first-order chi connectivity index (χ1) is 9.04. The van der Waals surface area contributed by atoms with Crippen LogP contribution in [0.4, 0.5) is 0 Å². The minimum Gasteiger partial charge on any atom is -0.496 e. The summed E-state index contributed by atoms with van der Waals surface area (Å²) in [4.78, 5) is 12.0. The molecule has 0 aliphatic carbocycles. The van der Waals surface area contributed by atoms with Gasteiger partial charge in [0.05, 0.1) is 13.2 Å². The fourth-order valence-corrected chi connectivity index (χ4v) is 2.13. The Morgan fingerprint density at radius 2 is 2.05 bits per heavy atom. The number of nitrogens with two attached hydrogens (primary N) is 1. The van der Waals surface area contributed by atoms with Gasteiger partial charge in [-0.25, -0.2) is 0 Å². The highest BCUT2D eigenvalue weighted by atomic mass is 16.5. The zero-order valence-corrected chi connectivity index (χ0v) is 11.4. The van der Waals surface area contributed by atoms with Gasteiger partial charge in [-0.15, -0.1) is 0 Å². The summed E-state index contributed by atoms with van der Waals surface area (Å²) >= 11 is 0. The van der Waals surface area contributed by atoms with Crippen LogP contribution in [-0.2, 0) is 7.05 Å². The standard InChI is InChI=1S/C15H18N2O2/c1-10-9-11(6-7-13(10)19-3)14(16)12-5-4-8-17(2)15(12)18/h4-9,14H,16H2,1-3H3. The molecule has 100 valence electrons. The highest BCUT2D eigenvalue weighted by Gasteiger charge is 2.14. The molecule has 2 aromatic rings. The quantitative estimate of drug-likeness (QED) is 0.912. The van der Waals surface area contributed by atoms with Crippen molar-refractivity contribution in [3.8, 4) is 5.75 Å². The van der Waals surface area contributed by atoms with Crippen molar-refractivity contribution in [3.63, 3.8) is 0 Å². The van der Waals surface area contributed by atoms with Crippen LogP contribution in [0.1, 0.15) is 22.7 Å². The molecule has 1 unspecified atom stereocenters. The highest BCUT2D eigenvalue weighted by molar-refractivity contribution is 5.40. The number of aryl methyl sites for hydroxylation is 2. The van der Waals surface area contributed by atoms with Crippen molar-refractivity contribution in [1.82, 2.24) is 4.57 Å². The summed E-state index contributed by atoms with van der Waals surface area (Å²) in [5, 5.41) is 0. The van der Waals surface area contributed by atoms with E-state index < -0.39 is 6.04 Å². The summed E-state index contributed by atoms with van der Waals surface area (Å²) in [7, 11) is 3.35. The molecule has 1 atom stereocenters. The van der Waals surface area contributed by atoms with Crippen molar-refractivity contribution in [3.05, 3.63) is 63.6 Å². The molecule has 0 saturated carbocycles. The van der Waals surface area contributed by atoms with Crippen LogP contribution in [-0.4, -0.2) is 11.7 Å². The summed E-state index contributed by atoms with van der Waals surface area (Å²) in [6.45, 7) is 1.96. The van der Waals surface area contributed by atoms with Gasteiger partial charge < -0.3 is 15.0 Å². The molecule has 0 aliphatic heterocycles. The number of methoxy groups -OCH3 is 1. The predicted octanol–water partition coefficient (Wildman–Crippen LogP) is 1.75. The third kappa shape index (κ3) is 2.53. The zero-order valence-electron chi connectivity index (χ0n) is 11.4. The fourth-order valence-electron chi connectivity index (χ4n) is 2.13. The molecule has 4 nitrogen and oxygen atoms in total. The molecule has 0 radical (unpaired) electrons. The van der Waals surface area contributed by atoms with Gasteiger partial charge in [0.25, 0.3) is 5.56 Å². The molecule has 2 rings (SSSR count). The second-order valence-corrected chi connectivity index (χ2v) is 4.59. The lowest BCUT2D eigenvalue weighted by Crippen LogP contribution is -2.26. The molecule has 0 saturated heterocycles. The van der Waals surface area contributed by atoms with Gasteiger partial charge in [-0.2, -0.15) is 0 Å². The molecule has 19 heavy (non-hydrogen) atoms. The lowest BCUT2D eigenvalue weighted by molar-refractivity contribution is 0.411. The van der Waals surface area contributed by atoms with Crippen LogP contribution in [0, 0.1) is 6.92 Å². The summed E-state index contributed by atoms with van der Waals surface area (Å²) in [6.07, 6.45) is 1.72. The van der Waals surface area contributed by atoms with Gasteiger partial charge in [-0.3, -0.25) is 4.79 Å². The van der Waals surface area contributed by atoms with E-state index >= 15 is 0 Å². The SMILES string of the molecule is COc1ccc(C(N)c2cccn(C)c2=O)cc1C. The molecule has 4 heteroatoms. The van der Waals surface area contributed by atoms with Crippen molar-refractivity contribution >= 4 is 0 Å². The van der Waals surface area contributed by atoms with Gasteiger partial charge in [-0.1, -0.05) is 18.2 Å². The zero-order chi connectivity index (χ0) is 14.0. The summed E-state index contributed by atoms with van der Waals surface area (Å²) < 4.78 is 6.75. The topological polar surface area (TPSA) is 57.2 Å². The smallest absolute Gasteiger partial charge is 0.255 e. The first kappa shape index (κ1) is 13.4. The van der Waals surface area contributed by atoms with Gasteiger partial charge >= 0.3 is 0 Å². The Labute approximate surface area is 112 Å². The largest absolute Gasteiger partial charge is 0.496 e. The van der Waals surface area contributed by atoms with E-state index in [0.717, 1.165) is 16.9 Å². The normalized spacial score (nSPS) is 12.2. The fraction of sp³-hybridized carbons (Fsp3) is 0.267. The summed E-state index contributed by atoms with van der Waals surface area (Å²) in [5.41, 5.74) is 8.63. The third-order valence-electron chi connectivity index (χ3n) is 3.27. The van der Waals surface area contributed by atoms with Crippen LogP contribution >= 0.6 is 0 Å². The second-order valence-electron chi connectivity index (χ2n) is 4.59. The maximum atomic E-state index is 12.0. The molecule has 2 N–H and O–H groups in total. The van der Waals surface area contributed by atoms with Crippen molar-refractivity contribution < 1.29 is 4.74 Å². The van der Waals surface area contributed by atoms with Crippen LogP contribution in [0.15, 0.2) is 41.3 Å². The average Bonchev–Trinajstić information content (AvgIpc) is 2.41. The van der Waals surface area contributed by atoms with Gasteiger partial charge in [0.2, 0.25) is 0 Å². The Morgan fingerprint density at radius 3 is 2.68 bits per heavy atom.